The van der Waals surface area contributed by atoms with Crippen molar-refractivity contribution in [2.24, 2.45) is 11.7 Å². The number of carbonyl (C=O) groups is 1. The Bertz CT molecular complexity index is 431. The lowest BCUT2D eigenvalue weighted by Crippen LogP contribution is -2.46. The molecular formula is C14H21N3O. The highest BCUT2D eigenvalue weighted by Gasteiger charge is 2.25. The first-order valence-electron chi connectivity index (χ1n) is 6.55. The van der Waals surface area contributed by atoms with E-state index >= 15 is 0 Å². The lowest BCUT2D eigenvalue weighted by atomic mass is 10.0. The van der Waals surface area contributed by atoms with Gasteiger partial charge in [0.2, 0.25) is 5.91 Å². The molecule has 0 spiro atoms. The first-order chi connectivity index (χ1) is 8.58. The second kappa shape index (κ2) is 5.48. The van der Waals surface area contributed by atoms with E-state index in [0.29, 0.717) is 12.5 Å². The monoisotopic (exact) mass is 247 g/mol. The van der Waals surface area contributed by atoms with Crippen LogP contribution in [-0.2, 0) is 17.8 Å². The van der Waals surface area contributed by atoms with Crippen molar-refractivity contribution in [2.75, 3.05) is 6.54 Å². The third kappa shape index (κ3) is 2.88. The molecule has 0 saturated carbocycles. The average molecular weight is 247 g/mol. The largest absolute Gasteiger partial charge is 0.337 e. The summed E-state index contributed by atoms with van der Waals surface area (Å²) in [6.07, 6.45) is 3.38. The number of nitrogens with zero attached hydrogens (tertiary/aromatic N) is 2. The summed E-state index contributed by atoms with van der Waals surface area (Å²) in [6, 6.07) is 3.58. The second-order valence-electron chi connectivity index (χ2n) is 5.36. The van der Waals surface area contributed by atoms with E-state index < -0.39 is 0 Å². The first-order valence-corrected chi connectivity index (χ1v) is 6.55. The van der Waals surface area contributed by atoms with Crippen molar-refractivity contribution in [3.05, 3.63) is 29.6 Å². The lowest BCUT2D eigenvalue weighted by Gasteiger charge is -2.30. The van der Waals surface area contributed by atoms with Gasteiger partial charge in [-0.2, -0.15) is 0 Å². The van der Waals surface area contributed by atoms with Gasteiger partial charge in [-0.15, -0.1) is 0 Å². The van der Waals surface area contributed by atoms with Gasteiger partial charge in [-0.05, 0) is 24.0 Å². The molecule has 0 aliphatic carbocycles. The summed E-state index contributed by atoms with van der Waals surface area (Å²) in [4.78, 5) is 18.4. The molecule has 1 aromatic heterocycles. The minimum absolute atomic E-state index is 0.0678. The maximum Gasteiger partial charge on any atom is 0.239 e. The molecule has 1 aromatic rings. The number of fused-ring (bicyclic) bond motifs is 1. The highest BCUT2D eigenvalue weighted by atomic mass is 16.2. The number of pyridine rings is 1. The third-order valence-electron chi connectivity index (χ3n) is 3.32. The summed E-state index contributed by atoms with van der Waals surface area (Å²) < 4.78 is 0. The Labute approximate surface area is 108 Å². The Morgan fingerprint density at radius 1 is 1.56 bits per heavy atom. The van der Waals surface area contributed by atoms with Crippen molar-refractivity contribution in [3.63, 3.8) is 0 Å². The molecule has 1 amide bonds. The molecule has 0 aromatic carbocycles. The van der Waals surface area contributed by atoms with Gasteiger partial charge in [-0.3, -0.25) is 9.78 Å². The Morgan fingerprint density at radius 2 is 2.33 bits per heavy atom. The molecule has 18 heavy (non-hydrogen) atoms. The SMILES string of the molecule is CC(C)C[C@@H](N)C(=O)N1CCc2ncccc2C1. The summed E-state index contributed by atoms with van der Waals surface area (Å²) in [5, 5.41) is 0. The molecule has 98 valence electrons. The predicted molar refractivity (Wildman–Crippen MR) is 70.8 cm³/mol. The fraction of sp³-hybridized carbons (Fsp3) is 0.571. The van der Waals surface area contributed by atoms with E-state index in [9.17, 15) is 4.79 Å². The molecule has 1 atom stereocenters. The van der Waals surface area contributed by atoms with Gasteiger partial charge in [0.15, 0.2) is 0 Å². The van der Waals surface area contributed by atoms with E-state index in [4.69, 9.17) is 5.73 Å². The van der Waals surface area contributed by atoms with Crippen LogP contribution in [0.15, 0.2) is 18.3 Å². The van der Waals surface area contributed by atoms with Crippen molar-refractivity contribution >= 4 is 5.91 Å². The van der Waals surface area contributed by atoms with Gasteiger partial charge in [0.05, 0.1) is 6.04 Å². The van der Waals surface area contributed by atoms with Crippen molar-refractivity contribution in [1.82, 2.24) is 9.88 Å². The molecule has 2 N–H and O–H groups in total. The van der Waals surface area contributed by atoms with E-state index in [1.807, 2.05) is 17.0 Å². The Kier molecular flexibility index (Phi) is 3.97. The first kappa shape index (κ1) is 13.0. The van der Waals surface area contributed by atoms with Crippen LogP contribution in [0.25, 0.3) is 0 Å². The Balaban J connectivity index is 2.02. The predicted octanol–water partition coefficient (Wildman–Crippen LogP) is 1.34. The van der Waals surface area contributed by atoms with Gasteiger partial charge < -0.3 is 10.6 Å². The third-order valence-corrected chi connectivity index (χ3v) is 3.32. The van der Waals surface area contributed by atoms with Crippen molar-refractivity contribution in [3.8, 4) is 0 Å². The summed E-state index contributed by atoms with van der Waals surface area (Å²) in [5.74, 6) is 0.515. The number of rotatable bonds is 3. The number of carbonyl (C=O) groups excluding carboxylic acids is 1. The molecule has 1 aliphatic heterocycles. The fourth-order valence-electron chi connectivity index (χ4n) is 2.40. The van der Waals surface area contributed by atoms with Gasteiger partial charge in [-0.25, -0.2) is 0 Å². The van der Waals surface area contributed by atoms with Crippen molar-refractivity contribution in [2.45, 2.75) is 39.3 Å². The van der Waals surface area contributed by atoms with Crippen LogP contribution in [0.3, 0.4) is 0 Å². The molecule has 2 rings (SSSR count). The number of hydrogen-bond donors (Lipinski definition) is 1. The van der Waals surface area contributed by atoms with Gasteiger partial charge in [0.25, 0.3) is 0 Å². The lowest BCUT2D eigenvalue weighted by molar-refractivity contribution is -0.133. The molecule has 2 heterocycles. The van der Waals surface area contributed by atoms with E-state index in [2.05, 4.69) is 18.8 Å². The highest BCUT2D eigenvalue weighted by Crippen LogP contribution is 2.17. The maximum atomic E-state index is 12.2. The summed E-state index contributed by atoms with van der Waals surface area (Å²) in [7, 11) is 0. The van der Waals surface area contributed by atoms with Crippen LogP contribution >= 0.6 is 0 Å². The van der Waals surface area contributed by atoms with Crippen molar-refractivity contribution in [1.29, 1.82) is 0 Å². The van der Waals surface area contributed by atoms with Crippen LogP contribution in [0.5, 0.6) is 0 Å². The van der Waals surface area contributed by atoms with Gasteiger partial charge in [0.1, 0.15) is 0 Å². The summed E-state index contributed by atoms with van der Waals surface area (Å²) in [6.45, 7) is 5.55. The molecule has 0 saturated heterocycles. The van der Waals surface area contributed by atoms with Crippen LogP contribution in [0, 0.1) is 5.92 Å². The number of nitrogens with two attached hydrogens (primary N) is 1. The molecular weight excluding hydrogens is 226 g/mol. The smallest absolute Gasteiger partial charge is 0.239 e. The van der Waals surface area contributed by atoms with Gasteiger partial charge in [-0.1, -0.05) is 19.9 Å². The zero-order valence-corrected chi connectivity index (χ0v) is 11.1. The van der Waals surface area contributed by atoms with E-state index in [0.717, 1.165) is 30.6 Å². The fourth-order valence-corrected chi connectivity index (χ4v) is 2.40. The normalized spacial score (nSPS) is 16.6. The zero-order chi connectivity index (χ0) is 13.1. The summed E-state index contributed by atoms with van der Waals surface area (Å²) in [5.41, 5.74) is 8.22. The van der Waals surface area contributed by atoms with Crippen LogP contribution in [-0.4, -0.2) is 28.4 Å². The molecule has 0 bridgehead atoms. The van der Waals surface area contributed by atoms with Crippen LogP contribution in [0.1, 0.15) is 31.5 Å². The number of amides is 1. The Hall–Kier alpha value is -1.42. The highest BCUT2D eigenvalue weighted by molar-refractivity contribution is 5.81. The Morgan fingerprint density at radius 3 is 3.06 bits per heavy atom. The summed E-state index contributed by atoms with van der Waals surface area (Å²) >= 11 is 0. The second-order valence-corrected chi connectivity index (χ2v) is 5.36. The van der Waals surface area contributed by atoms with Crippen LogP contribution in [0.2, 0.25) is 0 Å². The molecule has 0 unspecified atom stereocenters. The average Bonchev–Trinajstić information content (AvgIpc) is 2.36. The van der Waals surface area contributed by atoms with Crippen LogP contribution < -0.4 is 5.73 Å². The van der Waals surface area contributed by atoms with Crippen LogP contribution in [0.4, 0.5) is 0 Å². The minimum atomic E-state index is -0.372. The molecule has 4 nitrogen and oxygen atoms in total. The molecule has 0 radical (unpaired) electrons. The minimum Gasteiger partial charge on any atom is -0.337 e. The van der Waals surface area contributed by atoms with E-state index in [1.165, 1.54) is 0 Å². The van der Waals surface area contributed by atoms with Crippen molar-refractivity contribution < 1.29 is 4.79 Å². The molecule has 1 aliphatic rings. The molecule has 0 fully saturated rings. The van der Waals surface area contributed by atoms with Gasteiger partial charge in [0, 0.05) is 31.4 Å². The van der Waals surface area contributed by atoms with E-state index in [-0.39, 0.29) is 11.9 Å². The quantitative estimate of drug-likeness (QED) is 0.877. The van der Waals surface area contributed by atoms with E-state index in [1.54, 1.807) is 6.20 Å². The maximum absolute atomic E-state index is 12.2. The topological polar surface area (TPSA) is 59.2 Å². The molecule has 4 heteroatoms. The number of hydrogen-bond acceptors (Lipinski definition) is 3. The standard InChI is InChI=1S/C14H21N3O/c1-10(2)8-12(15)14(18)17-7-5-13-11(9-17)4-3-6-16-13/h3-4,6,10,12H,5,7-9,15H2,1-2H3/t12-/m1/s1. The van der Waals surface area contributed by atoms with Gasteiger partial charge >= 0.3 is 0 Å². The number of aromatic nitrogens is 1. The zero-order valence-electron chi connectivity index (χ0n) is 11.1.